The van der Waals surface area contributed by atoms with Crippen molar-refractivity contribution in [3.05, 3.63) is 29.3 Å². The lowest BCUT2D eigenvalue weighted by Gasteiger charge is -2.32. The van der Waals surface area contributed by atoms with E-state index in [-0.39, 0.29) is 37.9 Å². The first kappa shape index (κ1) is 16.7. The van der Waals surface area contributed by atoms with E-state index in [4.69, 9.17) is 21.4 Å². The predicted molar refractivity (Wildman–Crippen MR) is 85.9 cm³/mol. The van der Waals surface area contributed by atoms with E-state index in [1.54, 1.807) is 24.3 Å². The maximum atomic E-state index is 12.6. The molecule has 2 atom stereocenters. The van der Waals surface area contributed by atoms with Gasteiger partial charge in [-0.25, -0.2) is 4.79 Å². The molecule has 1 aromatic carbocycles. The van der Waals surface area contributed by atoms with E-state index in [1.807, 2.05) is 0 Å². The SMILES string of the molecule is O=C(O)C1CN(C(=O)C2CC(=O)N(c3ccccc3Cl)C2)CCO1. The van der Waals surface area contributed by atoms with Crippen molar-refractivity contribution >= 4 is 35.1 Å². The van der Waals surface area contributed by atoms with Gasteiger partial charge in [-0.15, -0.1) is 0 Å². The maximum absolute atomic E-state index is 12.6. The van der Waals surface area contributed by atoms with Crippen LogP contribution in [0.3, 0.4) is 0 Å². The molecule has 24 heavy (non-hydrogen) atoms. The van der Waals surface area contributed by atoms with Crippen molar-refractivity contribution in [2.45, 2.75) is 12.5 Å². The summed E-state index contributed by atoms with van der Waals surface area (Å²) in [5.41, 5.74) is 0.588. The number of carbonyl (C=O) groups is 3. The first-order valence-electron chi connectivity index (χ1n) is 7.65. The van der Waals surface area contributed by atoms with Gasteiger partial charge in [0.1, 0.15) is 0 Å². The molecule has 2 fully saturated rings. The number of anilines is 1. The number of halogens is 1. The van der Waals surface area contributed by atoms with Crippen LogP contribution < -0.4 is 4.90 Å². The first-order valence-corrected chi connectivity index (χ1v) is 8.03. The Balaban J connectivity index is 1.70. The van der Waals surface area contributed by atoms with Crippen LogP contribution in [-0.4, -0.2) is 60.1 Å². The van der Waals surface area contributed by atoms with Crippen molar-refractivity contribution in [2.24, 2.45) is 5.92 Å². The number of amides is 2. The summed E-state index contributed by atoms with van der Waals surface area (Å²) in [6, 6.07) is 6.99. The molecule has 2 saturated heterocycles. The Morgan fingerprint density at radius 2 is 2.00 bits per heavy atom. The number of ether oxygens (including phenoxy) is 1. The van der Waals surface area contributed by atoms with E-state index < -0.39 is 18.0 Å². The largest absolute Gasteiger partial charge is 0.479 e. The van der Waals surface area contributed by atoms with Gasteiger partial charge in [-0.2, -0.15) is 0 Å². The fraction of sp³-hybridized carbons (Fsp3) is 0.438. The minimum absolute atomic E-state index is 0.00491. The number of aliphatic carboxylic acids is 1. The Hall–Kier alpha value is -2.12. The molecule has 2 aliphatic rings. The van der Waals surface area contributed by atoms with Gasteiger partial charge in [0.15, 0.2) is 6.10 Å². The van der Waals surface area contributed by atoms with E-state index in [9.17, 15) is 14.4 Å². The van der Waals surface area contributed by atoms with Gasteiger partial charge in [0, 0.05) is 19.5 Å². The number of carboxylic acids is 1. The number of morpholine rings is 1. The molecule has 3 rings (SSSR count). The van der Waals surface area contributed by atoms with Crippen LogP contribution in [0.2, 0.25) is 5.02 Å². The highest BCUT2D eigenvalue weighted by molar-refractivity contribution is 6.33. The van der Waals surface area contributed by atoms with Gasteiger partial charge in [-0.3, -0.25) is 9.59 Å². The van der Waals surface area contributed by atoms with Gasteiger partial charge < -0.3 is 19.6 Å². The highest BCUT2D eigenvalue weighted by atomic mass is 35.5. The van der Waals surface area contributed by atoms with Crippen LogP contribution in [-0.2, 0) is 19.1 Å². The third kappa shape index (κ3) is 3.22. The number of carboxylic acid groups (broad SMARTS) is 1. The third-order valence-corrected chi connectivity index (χ3v) is 4.59. The molecule has 0 saturated carbocycles. The topological polar surface area (TPSA) is 87.2 Å². The van der Waals surface area contributed by atoms with Crippen LogP contribution in [0.1, 0.15) is 6.42 Å². The molecule has 0 radical (unpaired) electrons. The molecule has 0 aromatic heterocycles. The van der Waals surface area contributed by atoms with Crippen LogP contribution in [0.15, 0.2) is 24.3 Å². The minimum Gasteiger partial charge on any atom is -0.479 e. The van der Waals surface area contributed by atoms with Gasteiger partial charge >= 0.3 is 5.97 Å². The van der Waals surface area contributed by atoms with Crippen molar-refractivity contribution in [2.75, 3.05) is 31.1 Å². The second-order valence-corrected chi connectivity index (χ2v) is 6.25. The summed E-state index contributed by atoms with van der Waals surface area (Å²) in [4.78, 5) is 38.9. The van der Waals surface area contributed by atoms with Crippen LogP contribution in [0, 0.1) is 5.92 Å². The molecular weight excluding hydrogens is 336 g/mol. The summed E-state index contributed by atoms with van der Waals surface area (Å²) >= 11 is 6.13. The summed E-state index contributed by atoms with van der Waals surface area (Å²) in [5.74, 6) is -1.97. The Kier molecular flexibility index (Phi) is 4.73. The zero-order valence-electron chi connectivity index (χ0n) is 12.9. The average Bonchev–Trinajstić information content (AvgIpc) is 2.96. The molecule has 1 N–H and O–H groups in total. The van der Waals surface area contributed by atoms with Crippen molar-refractivity contribution in [1.82, 2.24) is 4.90 Å². The van der Waals surface area contributed by atoms with Crippen molar-refractivity contribution in [3.63, 3.8) is 0 Å². The number of carbonyl (C=O) groups excluding carboxylic acids is 2. The van der Waals surface area contributed by atoms with E-state index in [0.717, 1.165) is 0 Å². The summed E-state index contributed by atoms with van der Waals surface area (Å²) in [6.45, 7) is 0.762. The fourth-order valence-corrected chi connectivity index (χ4v) is 3.27. The summed E-state index contributed by atoms with van der Waals surface area (Å²) in [5, 5.41) is 9.48. The van der Waals surface area contributed by atoms with E-state index in [0.29, 0.717) is 17.3 Å². The van der Waals surface area contributed by atoms with E-state index in [1.165, 1.54) is 9.80 Å². The van der Waals surface area contributed by atoms with Gasteiger partial charge in [0.2, 0.25) is 11.8 Å². The highest BCUT2D eigenvalue weighted by Crippen LogP contribution is 2.31. The number of nitrogens with zero attached hydrogens (tertiary/aromatic N) is 2. The molecule has 0 bridgehead atoms. The first-order chi connectivity index (χ1) is 11.5. The number of benzene rings is 1. The molecule has 128 valence electrons. The van der Waals surface area contributed by atoms with E-state index in [2.05, 4.69) is 0 Å². The van der Waals surface area contributed by atoms with Crippen LogP contribution in [0.4, 0.5) is 5.69 Å². The molecule has 0 aliphatic carbocycles. The van der Waals surface area contributed by atoms with Crippen molar-refractivity contribution in [1.29, 1.82) is 0 Å². The zero-order chi connectivity index (χ0) is 17.3. The summed E-state index contributed by atoms with van der Waals surface area (Å²) in [6.07, 6.45) is -0.918. The summed E-state index contributed by atoms with van der Waals surface area (Å²) < 4.78 is 5.12. The second kappa shape index (κ2) is 6.78. The minimum atomic E-state index is -1.09. The molecular formula is C16H17ClN2O5. The van der Waals surface area contributed by atoms with Crippen molar-refractivity contribution in [3.8, 4) is 0 Å². The Morgan fingerprint density at radius 3 is 2.71 bits per heavy atom. The lowest BCUT2D eigenvalue weighted by Crippen LogP contribution is -2.50. The van der Waals surface area contributed by atoms with Crippen molar-refractivity contribution < 1.29 is 24.2 Å². The molecule has 2 heterocycles. The van der Waals surface area contributed by atoms with Gasteiger partial charge in [-0.05, 0) is 12.1 Å². The molecule has 8 heteroatoms. The Bertz CT molecular complexity index is 680. The molecule has 1 aromatic rings. The lowest BCUT2D eigenvalue weighted by atomic mass is 10.1. The van der Waals surface area contributed by atoms with Crippen LogP contribution >= 0.6 is 11.6 Å². The quantitative estimate of drug-likeness (QED) is 0.877. The fourth-order valence-electron chi connectivity index (χ4n) is 3.03. The normalized spacial score (nSPS) is 24.3. The van der Waals surface area contributed by atoms with Crippen LogP contribution in [0.5, 0.6) is 0 Å². The lowest BCUT2D eigenvalue weighted by molar-refractivity contribution is -0.160. The molecule has 2 unspecified atom stereocenters. The third-order valence-electron chi connectivity index (χ3n) is 4.27. The number of hydrogen-bond acceptors (Lipinski definition) is 4. The van der Waals surface area contributed by atoms with Gasteiger partial charge in [0.05, 0.1) is 29.8 Å². The Labute approximate surface area is 143 Å². The molecule has 2 amide bonds. The predicted octanol–water partition coefficient (Wildman–Crippen LogP) is 1.00. The number of rotatable bonds is 3. The number of hydrogen-bond donors (Lipinski definition) is 1. The molecule has 7 nitrogen and oxygen atoms in total. The smallest absolute Gasteiger partial charge is 0.334 e. The second-order valence-electron chi connectivity index (χ2n) is 5.84. The number of para-hydroxylation sites is 1. The maximum Gasteiger partial charge on any atom is 0.334 e. The van der Waals surface area contributed by atoms with Gasteiger partial charge in [0.25, 0.3) is 0 Å². The monoisotopic (exact) mass is 352 g/mol. The van der Waals surface area contributed by atoms with Crippen LogP contribution in [0.25, 0.3) is 0 Å². The highest BCUT2D eigenvalue weighted by Gasteiger charge is 2.39. The summed E-state index contributed by atoms with van der Waals surface area (Å²) in [7, 11) is 0. The molecule has 0 spiro atoms. The van der Waals surface area contributed by atoms with Gasteiger partial charge in [-0.1, -0.05) is 23.7 Å². The Morgan fingerprint density at radius 1 is 1.25 bits per heavy atom. The average molecular weight is 353 g/mol. The zero-order valence-corrected chi connectivity index (χ0v) is 13.6. The van der Waals surface area contributed by atoms with E-state index >= 15 is 0 Å². The molecule has 2 aliphatic heterocycles. The standard InChI is InChI=1S/C16H17ClN2O5/c17-11-3-1-2-4-12(11)19-8-10(7-14(19)20)15(21)18-5-6-24-13(9-18)16(22)23/h1-4,10,13H,5-9H2,(H,22,23).